The third-order valence-corrected chi connectivity index (χ3v) is 9.69. The molecule has 3 aliphatic rings. The van der Waals surface area contributed by atoms with Gasteiger partial charge in [-0.15, -0.1) is 11.8 Å². The van der Waals surface area contributed by atoms with Gasteiger partial charge < -0.3 is 21.0 Å². The minimum absolute atomic E-state index is 0.0152. The molecule has 5 rings (SSSR count). The predicted octanol–water partition coefficient (Wildman–Crippen LogP) is 1.40. The summed E-state index contributed by atoms with van der Waals surface area (Å²) in [7, 11) is 1.26. The van der Waals surface area contributed by atoms with Crippen molar-refractivity contribution in [3.8, 4) is 0 Å². The average molecular weight is 570 g/mol. The number of hydrogen-bond acceptors (Lipinski definition) is 10. The van der Waals surface area contributed by atoms with Crippen molar-refractivity contribution in [3.05, 3.63) is 37.4 Å². The van der Waals surface area contributed by atoms with Crippen LogP contribution in [0.15, 0.2) is 21.9 Å². The SMILES string of the molecule is CON=C(C(=O)N[C@@H]1C(=O)N2C(C(=O)O)=C(C[n+]3csc4c3CCCC4)CS[C@@H]12)c1nc(N)sc1Cl. The molecule has 4 N–H and O–H groups in total. The van der Waals surface area contributed by atoms with E-state index in [0.29, 0.717) is 17.9 Å². The molecule has 1 saturated heterocycles. The van der Waals surface area contributed by atoms with E-state index in [9.17, 15) is 19.5 Å². The largest absolute Gasteiger partial charge is 0.477 e. The number of nitrogens with zero attached hydrogens (tertiary/aromatic N) is 4. The molecule has 0 bridgehead atoms. The number of thiazole rings is 2. The van der Waals surface area contributed by atoms with Gasteiger partial charge in [-0.1, -0.05) is 39.4 Å². The summed E-state index contributed by atoms with van der Waals surface area (Å²) in [5, 5.41) is 15.9. The van der Waals surface area contributed by atoms with Gasteiger partial charge >= 0.3 is 5.97 Å². The molecule has 1 aliphatic carbocycles. The summed E-state index contributed by atoms with van der Waals surface area (Å²) in [4.78, 5) is 49.7. The minimum atomic E-state index is -1.16. The molecule has 0 saturated carbocycles. The van der Waals surface area contributed by atoms with Crippen LogP contribution in [-0.4, -0.2) is 62.8 Å². The summed E-state index contributed by atoms with van der Waals surface area (Å²) in [5.74, 6) is -1.97. The first-order valence-electron chi connectivity index (χ1n) is 11.0. The number of β-lactam (4-membered cyclic amide) rings is 1. The smallest absolute Gasteiger partial charge is 0.352 e. The highest BCUT2D eigenvalue weighted by Crippen LogP contribution is 2.40. The Morgan fingerprint density at radius 3 is 2.89 bits per heavy atom. The molecule has 190 valence electrons. The fourth-order valence-electron chi connectivity index (χ4n) is 4.58. The molecule has 36 heavy (non-hydrogen) atoms. The van der Waals surface area contributed by atoms with E-state index in [2.05, 4.69) is 20.0 Å². The van der Waals surface area contributed by atoms with E-state index in [1.54, 1.807) is 11.3 Å². The summed E-state index contributed by atoms with van der Waals surface area (Å²) in [6.45, 7) is 0.419. The Bertz CT molecular complexity index is 1320. The Hall–Kier alpha value is -2.68. The number of halogens is 1. The second kappa shape index (κ2) is 10.00. The van der Waals surface area contributed by atoms with Crippen LogP contribution in [0.1, 0.15) is 29.1 Å². The van der Waals surface area contributed by atoms with Crippen molar-refractivity contribution in [1.29, 1.82) is 0 Å². The van der Waals surface area contributed by atoms with E-state index < -0.39 is 29.2 Å². The first-order valence-corrected chi connectivity index (χ1v) is 14.1. The Morgan fingerprint density at radius 1 is 1.42 bits per heavy atom. The number of nitrogens with two attached hydrogens (primary N) is 1. The summed E-state index contributed by atoms with van der Waals surface area (Å²) in [5.41, 5.74) is 9.43. The molecule has 4 heterocycles. The van der Waals surface area contributed by atoms with E-state index in [0.717, 1.165) is 30.6 Å². The summed E-state index contributed by atoms with van der Waals surface area (Å²) < 4.78 is 2.26. The number of nitrogen functional groups attached to an aromatic ring is 1. The Balaban J connectivity index is 1.36. The van der Waals surface area contributed by atoms with Crippen LogP contribution in [0.4, 0.5) is 5.13 Å². The van der Waals surface area contributed by atoms with E-state index in [1.165, 1.54) is 40.8 Å². The van der Waals surface area contributed by atoms with Gasteiger partial charge in [-0.25, -0.2) is 9.78 Å². The second-order valence-electron chi connectivity index (χ2n) is 8.34. The molecular formula is C21H22ClN6O5S3+. The summed E-state index contributed by atoms with van der Waals surface area (Å²) >= 11 is 10.2. The van der Waals surface area contributed by atoms with Crippen LogP contribution < -0.4 is 15.6 Å². The van der Waals surface area contributed by atoms with Gasteiger partial charge in [0.25, 0.3) is 11.8 Å². The van der Waals surface area contributed by atoms with Gasteiger partial charge in [0.05, 0.1) is 4.88 Å². The van der Waals surface area contributed by atoms with Crippen LogP contribution in [-0.2, 0) is 38.6 Å². The van der Waals surface area contributed by atoms with Gasteiger partial charge in [0.15, 0.2) is 23.1 Å². The van der Waals surface area contributed by atoms with Gasteiger partial charge in [0.2, 0.25) is 5.51 Å². The number of carbonyl (C=O) groups is 3. The van der Waals surface area contributed by atoms with Gasteiger partial charge in [0, 0.05) is 17.7 Å². The van der Waals surface area contributed by atoms with Crippen molar-refractivity contribution >= 4 is 74.7 Å². The number of hydrogen-bond donors (Lipinski definition) is 3. The highest BCUT2D eigenvalue weighted by atomic mass is 35.5. The topological polar surface area (TPSA) is 151 Å². The van der Waals surface area contributed by atoms with Crippen molar-refractivity contribution in [1.82, 2.24) is 15.2 Å². The Kier molecular flexibility index (Phi) is 6.94. The molecule has 0 radical (unpaired) electrons. The van der Waals surface area contributed by atoms with Crippen molar-refractivity contribution in [2.45, 2.75) is 43.6 Å². The Labute approximate surface area is 223 Å². The number of anilines is 1. The third kappa shape index (κ3) is 4.35. The van der Waals surface area contributed by atoms with Crippen LogP contribution in [0.3, 0.4) is 0 Å². The average Bonchev–Trinajstić information content (AvgIpc) is 3.42. The highest BCUT2D eigenvalue weighted by molar-refractivity contribution is 8.00. The van der Waals surface area contributed by atoms with Gasteiger partial charge in [-0.05, 0) is 19.3 Å². The van der Waals surface area contributed by atoms with Crippen LogP contribution in [0.25, 0.3) is 0 Å². The lowest BCUT2D eigenvalue weighted by atomic mass is 10.0. The zero-order chi connectivity index (χ0) is 25.6. The number of fused-ring (bicyclic) bond motifs is 2. The first-order chi connectivity index (χ1) is 17.3. The number of thioether (sulfide) groups is 1. The van der Waals surface area contributed by atoms with Gasteiger partial charge in [0.1, 0.15) is 34.3 Å². The van der Waals surface area contributed by atoms with Crippen molar-refractivity contribution in [2.75, 3.05) is 18.6 Å². The number of aromatic nitrogens is 2. The fourth-order valence-corrected chi connectivity index (χ4v) is 7.92. The third-order valence-electron chi connectivity index (χ3n) is 6.18. The lowest BCUT2D eigenvalue weighted by Crippen LogP contribution is -2.71. The molecule has 2 atom stereocenters. The normalized spacial score (nSPS) is 21.6. The van der Waals surface area contributed by atoms with Crippen LogP contribution in [0.5, 0.6) is 0 Å². The minimum Gasteiger partial charge on any atom is -0.477 e. The summed E-state index contributed by atoms with van der Waals surface area (Å²) in [6.07, 6.45) is 4.31. The summed E-state index contributed by atoms with van der Waals surface area (Å²) in [6, 6.07) is -0.934. The van der Waals surface area contributed by atoms with E-state index >= 15 is 0 Å². The number of aliphatic carboxylic acids is 1. The van der Waals surface area contributed by atoms with E-state index in [1.807, 2.05) is 5.51 Å². The number of carboxylic acids is 1. The monoisotopic (exact) mass is 569 g/mol. The number of carboxylic acid groups (broad SMARTS) is 1. The van der Waals surface area contributed by atoms with Gasteiger partial charge in [-0.2, -0.15) is 4.57 Å². The molecule has 15 heteroatoms. The van der Waals surface area contributed by atoms with E-state index in [-0.39, 0.29) is 26.6 Å². The van der Waals surface area contributed by atoms with Crippen LogP contribution in [0.2, 0.25) is 4.34 Å². The van der Waals surface area contributed by atoms with Crippen molar-refractivity contribution in [2.24, 2.45) is 5.16 Å². The highest BCUT2D eigenvalue weighted by Gasteiger charge is 2.55. The number of nitrogens with one attached hydrogen (secondary N) is 1. The number of aryl methyl sites for hydroxylation is 1. The maximum Gasteiger partial charge on any atom is 0.352 e. The number of rotatable bonds is 7. The zero-order valence-corrected chi connectivity index (χ0v) is 22.2. The lowest BCUT2D eigenvalue weighted by molar-refractivity contribution is -0.692. The van der Waals surface area contributed by atoms with Gasteiger partial charge in [-0.3, -0.25) is 14.5 Å². The standard InChI is InChI=1S/C21H21ClN6O5S3/c1-33-26-13(12-16(22)36-21(23)25-12)17(29)24-14-18(30)28-15(20(31)32)9(7-34-19(14)28)6-27-8-35-11-5-3-2-4-10(11)27/h8,14,19H,2-7H2,1H3,(H3-,23,24,25,29,31,32)/p+1/t14-,19+/m1/s1. The molecule has 2 amide bonds. The molecule has 0 aromatic carbocycles. The van der Waals surface area contributed by atoms with Crippen molar-refractivity contribution < 1.29 is 28.9 Å². The first kappa shape index (κ1) is 25.0. The molecule has 11 nitrogen and oxygen atoms in total. The second-order valence-corrected chi connectivity index (χ2v) is 12.0. The number of oxime groups is 1. The molecule has 2 aromatic rings. The molecule has 1 fully saturated rings. The zero-order valence-electron chi connectivity index (χ0n) is 19.0. The Morgan fingerprint density at radius 2 is 2.19 bits per heavy atom. The van der Waals surface area contributed by atoms with Crippen LogP contribution >= 0.6 is 46.0 Å². The fraction of sp³-hybridized carbons (Fsp3) is 0.429. The molecule has 2 aromatic heterocycles. The van der Waals surface area contributed by atoms with E-state index in [4.69, 9.17) is 22.2 Å². The molecule has 0 spiro atoms. The lowest BCUT2D eigenvalue weighted by Gasteiger charge is -2.49. The predicted molar refractivity (Wildman–Crippen MR) is 136 cm³/mol. The molecule has 2 aliphatic heterocycles. The molecule has 0 unspecified atom stereocenters. The number of amides is 2. The van der Waals surface area contributed by atoms with Crippen molar-refractivity contribution in [3.63, 3.8) is 0 Å². The molecular weight excluding hydrogens is 548 g/mol. The van der Waals surface area contributed by atoms with Crippen LogP contribution in [0, 0.1) is 0 Å². The number of carbonyl (C=O) groups excluding carboxylic acids is 2. The maximum absolute atomic E-state index is 13.1. The quantitative estimate of drug-likeness (QED) is 0.196. The maximum atomic E-state index is 13.1.